The number of rotatable bonds is 7. The maximum absolute atomic E-state index is 11.7. The number of alkyl halides is 7. The van der Waals surface area contributed by atoms with Crippen molar-refractivity contribution in [2.75, 3.05) is 26.5 Å². The molecular weight excluding hydrogens is 300 g/mol. The summed E-state index contributed by atoms with van der Waals surface area (Å²) in [6.45, 7) is -6.59. The molecule has 4 nitrogen and oxygen atoms in total. The van der Waals surface area contributed by atoms with E-state index in [2.05, 4.69) is 13.6 Å². The molecule has 0 atom stereocenters. The zero-order chi connectivity index (χ0) is 14.4. The molecule has 0 radical (unpaired) electrons. The molecule has 18 heavy (non-hydrogen) atoms. The van der Waals surface area contributed by atoms with E-state index in [4.69, 9.17) is 0 Å². The van der Waals surface area contributed by atoms with Crippen molar-refractivity contribution in [1.29, 1.82) is 0 Å². The molecular formula is C6H8F7O4P. The monoisotopic (exact) mass is 308 g/mol. The van der Waals surface area contributed by atoms with E-state index >= 15 is 0 Å². The first kappa shape index (κ1) is 17.6. The van der Waals surface area contributed by atoms with Crippen molar-refractivity contribution in [2.45, 2.75) is 12.4 Å². The Balaban J connectivity index is 4.48. The molecule has 0 heterocycles. The normalized spacial score (nSPS) is 13.9. The van der Waals surface area contributed by atoms with Crippen LogP contribution < -0.4 is 0 Å². The molecule has 0 aromatic heterocycles. The summed E-state index contributed by atoms with van der Waals surface area (Å²) in [5.41, 5.74) is 0. The highest BCUT2D eigenvalue weighted by molar-refractivity contribution is 7.48. The van der Waals surface area contributed by atoms with Gasteiger partial charge in [-0.1, -0.05) is 0 Å². The van der Waals surface area contributed by atoms with Crippen molar-refractivity contribution in [3.63, 3.8) is 0 Å². The number of phosphoric acid groups is 1. The molecule has 0 spiro atoms. The Morgan fingerprint density at radius 1 is 0.833 bits per heavy atom. The molecule has 0 saturated heterocycles. The first-order valence-electron chi connectivity index (χ1n) is 4.20. The molecule has 110 valence electrons. The molecule has 0 unspecified atom stereocenters. The van der Waals surface area contributed by atoms with E-state index in [1.165, 1.54) is 0 Å². The van der Waals surface area contributed by atoms with Crippen LogP contribution in [0.2, 0.25) is 0 Å². The Morgan fingerprint density at radius 2 is 1.22 bits per heavy atom. The minimum Gasteiger partial charge on any atom is -0.284 e. The molecule has 0 aliphatic rings. The molecule has 0 aliphatic carbocycles. The average molecular weight is 308 g/mol. The van der Waals surface area contributed by atoms with Crippen LogP contribution in [-0.4, -0.2) is 38.8 Å². The van der Waals surface area contributed by atoms with Crippen LogP contribution in [0.15, 0.2) is 0 Å². The zero-order valence-corrected chi connectivity index (χ0v) is 9.45. The predicted molar refractivity (Wildman–Crippen MR) is 43.5 cm³/mol. The fourth-order valence-corrected chi connectivity index (χ4v) is 1.69. The Hall–Kier alpha value is -0.380. The summed E-state index contributed by atoms with van der Waals surface area (Å²) >= 11 is 0. The number of hydrogen-bond donors (Lipinski definition) is 0. The van der Waals surface area contributed by atoms with E-state index in [-0.39, 0.29) is 0 Å². The van der Waals surface area contributed by atoms with Gasteiger partial charge in [0.05, 0.1) is 6.61 Å². The Morgan fingerprint density at radius 3 is 1.50 bits per heavy atom. The first-order valence-corrected chi connectivity index (χ1v) is 5.67. The number of phosphoric ester groups is 1. The molecule has 0 fully saturated rings. The fraction of sp³-hybridized carbons (Fsp3) is 1.00. The molecule has 0 aromatic carbocycles. The van der Waals surface area contributed by atoms with E-state index in [9.17, 15) is 35.3 Å². The lowest BCUT2D eigenvalue weighted by atomic mass is 10.7. The van der Waals surface area contributed by atoms with Crippen LogP contribution in [0.25, 0.3) is 0 Å². The van der Waals surface area contributed by atoms with Gasteiger partial charge in [-0.05, 0) is 0 Å². The summed E-state index contributed by atoms with van der Waals surface area (Å²) in [6.07, 6.45) is -9.90. The SMILES string of the molecule is O=P(OCCF)(OCC(F)(F)F)OCC(F)(F)F. The van der Waals surface area contributed by atoms with Gasteiger partial charge in [0.2, 0.25) is 0 Å². The van der Waals surface area contributed by atoms with E-state index < -0.39 is 46.7 Å². The largest absolute Gasteiger partial charge is 0.475 e. The molecule has 0 bridgehead atoms. The molecule has 0 saturated carbocycles. The fourth-order valence-electron chi connectivity index (χ4n) is 0.563. The smallest absolute Gasteiger partial charge is 0.284 e. The van der Waals surface area contributed by atoms with E-state index in [0.717, 1.165) is 0 Å². The maximum atomic E-state index is 11.7. The summed E-state index contributed by atoms with van der Waals surface area (Å²) in [5.74, 6) is 0. The number of hydrogen-bond acceptors (Lipinski definition) is 4. The second-order valence-electron chi connectivity index (χ2n) is 2.75. The minimum absolute atomic E-state index is 1.02. The average Bonchev–Trinajstić information content (AvgIpc) is 2.19. The van der Waals surface area contributed by atoms with E-state index in [1.54, 1.807) is 0 Å². The highest BCUT2D eigenvalue weighted by Gasteiger charge is 2.39. The van der Waals surface area contributed by atoms with Crippen molar-refractivity contribution < 1.29 is 48.9 Å². The third-order valence-electron chi connectivity index (χ3n) is 1.10. The second-order valence-corrected chi connectivity index (χ2v) is 4.42. The predicted octanol–water partition coefficient (Wildman–Crippen LogP) is 3.24. The standard InChI is InChI=1S/C6H8F7O4P/c7-1-2-15-18(14,16-3-5(8,9)10)17-4-6(11,12)13/h1-4H2. The van der Waals surface area contributed by atoms with Gasteiger partial charge in [0.1, 0.15) is 6.67 Å². The summed E-state index contributed by atoms with van der Waals surface area (Å²) in [7, 11) is -5.11. The lowest BCUT2D eigenvalue weighted by Crippen LogP contribution is -2.20. The van der Waals surface area contributed by atoms with Gasteiger partial charge in [0.15, 0.2) is 13.2 Å². The summed E-state index contributed by atoms with van der Waals surface area (Å²) < 4.78 is 104. The highest BCUT2D eigenvalue weighted by Crippen LogP contribution is 2.51. The Labute approximate surface area is 96.6 Å². The molecule has 0 aromatic rings. The van der Waals surface area contributed by atoms with Crippen molar-refractivity contribution in [2.24, 2.45) is 0 Å². The van der Waals surface area contributed by atoms with Gasteiger partial charge in [-0.2, -0.15) is 26.3 Å². The zero-order valence-electron chi connectivity index (χ0n) is 8.55. The first-order chi connectivity index (χ1) is 7.97. The number of halogens is 7. The van der Waals surface area contributed by atoms with Crippen LogP contribution in [0, 0.1) is 0 Å². The van der Waals surface area contributed by atoms with Crippen molar-refractivity contribution in [3.05, 3.63) is 0 Å². The minimum atomic E-state index is -5.11. The Kier molecular flexibility index (Phi) is 6.55. The van der Waals surface area contributed by atoms with Crippen molar-refractivity contribution >= 4 is 7.82 Å². The van der Waals surface area contributed by atoms with Crippen molar-refractivity contribution in [3.8, 4) is 0 Å². The third kappa shape index (κ3) is 9.63. The van der Waals surface area contributed by atoms with Gasteiger partial charge < -0.3 is 0 Å². The van der Waals surface area contributed by atoms with Crippen LogP contribution in [0.3, 0.4) is 0 Å². The topological polar surface area (TPSA) is 44.8 Å². The van der Waals surface area contributed by atoms with Gasteiger partial charge in [-0.25, -0.2) is 8.96 Å². The van der Waals surface area contributed by atoms with Crippen LogP contribution >= 0.6 is 7.82 Å². The molecule has 0 amide bonds. The van der Waals surface area contributed by atoms with Crippen LogP contribution in [0.4, 0.5) is 30.7 Å². The van der Waals surface area contributed by atoms with Crippen LogP contribution in [0.5, 0.6) is 0 Å². The van der Waals surface area contributed by atoms with Gasteiger partial charge in [0, 0.05) is 0 Å². The van der Waals surface area contributed by atoms with Crippen LogP contribution in [0.1, 0.15) is 0 Å². The van der Waals surface area contributed by atoms with E-state index in [0.29, 0.717) is 0 Å². The highest BCUT2D eigenvalue weighted by atomic mass is 31.2. The van der Waals surface area contributed by atoms with E-state index in [1.807, 2.05) is 0 Å². The summed E-state index contributed by atoms with van der Waals surface area (Å²) in [4.78, 5) is 0. The molecule has 0 aliphatic heterocycles. The lowest BCUT2D eigenvalue weighted by molar-refractivity contribution is -0.170. The van der Waals surface area contributed by atoms with Gasteiger partial charge in [0.25, 0.3) is 0 Å². The van der Waals surface area contributed by atoms with Crippen LogP contribution in [-0.2, 0) is 18.1 Å². The Bertz CT molecular complexity index is 267. The van der Waals surface area contributed by atoms with Gasteiger partial charge >= 0.3 is 20.2 Å². The van der Waals surface area contributed by atoms with Crippen molar-refractivity contribution in [1.82, 2.24) is 0 Å². The summed E-state index contributed by atoms with van der Waals surface area (Å²) in [6, 6.07) is 0. The van der Waals surface area contributed by atoms with Gasteiger partial charge in [-0.15, -0.1) is 0 Å². The van der Waals surface area contributed by atoms with Gasteiger partial charge in [-0.3, -0.25) is 13.6 Å². The second kappa shape index (κ2) is 6.69. The molecule has 0 N–H and O–H groups in total. The molecule has 12 heteroatoms. The maximum Gasteiger partial charge on any atom is 0.475 e. The quantitative estimate of drug-likeness (QED) is 0.535. The third-order valence-corrected chi connectivity index (χ3v) is 2.49. The summed E-state index contributed by atoms with van der Waals surface area (Å²) in [5, 5.41) is 0. The lowest BCUT2D eigenvalue weighted by Gasteiger charge is -2.18. The molecule has 0 rings (SSSR count).